The first-order valence-electron chi connectivity index (χ1n) is 8.28. The lowest BCUT2D eigenvalue weighted by Gasteiger charge is -2.04. The SMILES string of the molecule is CCCOc1ccc2c(c1)sc1nc(-c3cc(C)ccc3C)cn12. The highest BCUT2D eigenvalue weighted by Gasteiger charge is 2.12. The topological polar surface area (TPSA) is 26.5 Å². The Morgan fingerprint density at radius 1 is 1.12 bits per heavy atom. The molecule has 0 radical (unpaired) electrons. The van der Waals surface area contributed by atoms with E-state index in [0.717, 1.165) is 29.4 Å². The minimum atomic E-state index is 0.755. The van der Waals surface area contributed by atoms with E-state index in [9.17, 15) is 0 Å². The Hall–Kier alpha value is -2.33. The third-order valence-corrected chi connectivity index (χ3v) is 5.22. The number of aryl methyl sites for hydroxylation is 2. The highest BCUT2D eigenvalue weighted by Crippen LogP contribution is 2.32. The summed E-state index contributed by atoms with van der Waals surface area (Å²) in [5.41, 5.74) is 5.95. The molecule has 0 bridgehead atoms. The van der Waals surface area contributed by atoms with Crippen LogP contribution in [-0.2, 0) is 0 Å². The normalized spacial score (nSPS) is 11.5. The van der Waals surface area contributed by atoms with Crippen LogP contribution >= 0.6 is 11.3 Å². The molecule has 2 heterocycles. The van der Waals surface area contributed by atoms with Gasteiger partial charge in [0.25, 0.3) is 0 Å². The zero-order chi connectivity index (χ0) is 16.7. The van der Waals surface area contributed by atoms with Crippen LogP contribution in [0, 0.1) is 13.8 Å². The summed E-state index contributed by atoms with van der Waals surface area (Å²) in [5, 5.41) is 0. The standard InChI is InChI=1S/C20H20N2OS/c1-4-9-23-15-7-8-18-19(11-15)24-20-21-17(12-22(18)20)16-10-13(2)5-6-14(16)3/h5-8,10-12H,4,9H2,1-3H3. The summed E-state index contributed by atoms with van der Waals surface area (Å²) in [4.78, 5) is 5.88. The fraction of sp³-hybridized carbons (Fsp3) is 0.250. The van der Waals surface area contributed by atoms with Gasteiger partial charge in [0.05, 0.1) is 22.5 Å². The highest BCUT2D eigenvalue weighted by molar-refractivity contribution is 7.23. The van der Waals surface area contributed by atoms with E-state index >= 15 is 0 Å². The number of imidazole rings is 1. The van der Waals surface area contributed by atoms with Crippen molar-refractivity contribution in [3.05, 3.63) is 53.7 Å². The van der Waals surface area contributed by atoms with E-state index in [2.05, 4.69) is 61.7 Å². The fourth-order valence-corrected chi connectivity index (χ4v) is 3.97. The number of ether oxygens (including phenoxy) is 1. The van der Waals surface area contributed by atoms with Gasteiger partial charge in [-0.2, -0.15) is 0 Å². The van der Waals surface area contributed by atoms with E-state index in [4.69, 9.17) is 9.72 Å². The maximum atomic E-state index is 5.73. The molecule has 4 heteroatoms. The summed E-state index contributed by atoms with van der Waals surface area (Å²) in [6.07, 6.45) is 3.16. The molecule has 0 saturated carbocycles. The molecule has 0 spiro atoms. The largest absolute Gasteiger partial charge is 0.494 e. The van der Waals surface area contributed by atoms with Gasteiger partial charge in [-0.05, 0) is 50.1 Å². The van der Waals surface area contributed by atoms with Crippen LogP contribution in [0.3, 0.4) is 0 Å². The van der Waals surface area contributed by atoms with Gasteiger partial charge in [0.15, 0.2) is 4.96 Å². The quantitative estimate of drug-likeness (QED) is 0.483. The molecule has 2 aromatic heterocycles. The van der Waals surface area contributed by atoms with Crippen molar-refractivity contribution in [2.75, 3.05) is 6.61 Å². The Morgan fingerprint density at radius 2 is 2.00 bits per heavy atom. The van der Waals surface area contributed by atoms with Crippen LogP contribution in [0.2, 0.25) is 0 Å². The van der Waals surface area contributed by atoms with Gasteiger partial charge in [0, 0.05) is 11.8 Å². The zero-order valence-corrected chi connectivity index (χ0v) is 15.0. The predicted octanol–water partition coefficient (Wildman–Crippen LogP) is 5.62. The maximum Gasteiger partial charge on any atom is 0.195 e. The van der Waals surface area contributed by atoms with Gasteiger partial charge in [-0.3, -0.25) is 4.40 Å². The van der Waals surface area contributed by atoms with Crippen molar-refractivity contribution in [1.29, 1.82) is 0 Å². The molecule has 0 unspecified atom stereocenters. The number of rotatable bonds is 4. The van der Waals surface area contributed by atoms with Crippen LogP contribution in [0.1, 0.15) is 24.5 Å². The summed E-state index contributed by atoms with van der Waals surface area (Å²) >= 11 is 1.71. The summed E-state index contributed by atoms with van der Waals surface area (Å²) < 4.78 is 9.12. The van der Waals surface area contributed by atoms with Crippen molar-refractivity contribution < 1.29 is 4.74 Å². The Labute approximate surface area is 145 Å². The van der Waals surface area contributed by atoms with E-state index in [1.165, 1.54) is 26.9 Å². The number of hydrogen-bond donors (Lipinski definition) is 0. The second kappa shape index (κ2) is 5.95. The smallest absolute Gasteiger partial charge is 0.195 e. The van der Waals surface area contributed by atoms with Crippen LogP contribution in [-0.4, -0.2) is 16.0 Å². The van der Waals surface area contributed by atoms with Crippen LogP contribution in [0.4, 0.5) is 0 Å². The minimum Gasteiger partial charge on any atom is -0.494 e. The minimum absolute atomic E-state index is 0.755. The molecular weight excluding hydrogens is 316 g/mol. The molecule has 24 heavy (non-hydrogen) atoms. The van der Waals surface area contributed by atoms with Crippen molar-refractivity contribution in [3.8, 4) is 17.0 Å². The van der Waals surface area contributed by atoms with E-state index in [0.29, 0.717) is 0 Å². The number of fused-ring (bicyclic) bond motifs is 3. The maximum absolute atomic E-state index is 5.73. The molecule has 2 aromatic carbocycles. The van der Waals surface area contributed by atoms with Gasteiger partial charge in [-0.1, -0.05) is 36.0 Å². The second-order valence-electron chi connectivity index (χ2n) is 6.18. The molecule has 122 valence electrons. The number of benzene rings is 2. The Balaban J connectivity index is 1.80. The Morgan fingerprint density at radius 3 is 2.83 bits per heavy atom. The van der Waals surface area contributed by atoms with Gasteiger partial charge in [0.2, 0.25) is 0 Å². The average molecular weight is 336 g/mol. The molecule has 0 atom stereocenters. The van der Waals surface area contributed by atoms with Gasteiger partial charge in [-0.15, -0.1) is 0 Å². The average Bonchev–Trinajstić information content (AvgIpc) is 3.12. The molecule has 0 N–H and O–H groups in total. The van der Waals surface area contributed by atoms with Crippen LogP contribution < -0.4 is 4.74 Å². The lowest BCUT2D eigenvalue weighted by atomic mass is 10.0. The molecule has 4 aromatic rings. The number of nitrogens with zero attached hydrogens (tertiary/aromatic N) is 2. The first-order chi connectivity index (χ1) is 11.7. The van der Waals surface area contributed by atoms with Crippen LogP contribution in [0.5, 0.6) is 5.75 Å². The molecule has 0 aliphatic heterocycles. The van der Waals surface area contributed by atoms with Crippen molar-refractivity contribution >= 4 is 26.5 Å². The third-order valence-electron chi connectivity index (χ3n) is 4.21. The summed E-state index contributed by atoms with van der Waals surface area (Å²) in [6.45, 7) is 7.13. The van der Waals surface area contributed by atoms with Gasteiger partial charge in [0.1, 0.15) is 5.75 Å². The lowest BCUT2D eigenvalue weighted by Crippen LogP contribution is -1.94. The zero-order valence-electron chi connectivity index (χ0n) is 14.2. The Kier molecular flexibility index (Phi) is 3.77. The highest BCUT2D eigenvalue weighted by atomic mass is 32.1. The van der Waals surface area contributed by atoms with E-state index in [-0.39, 0.29) is 0 Å². The van der Waals surface area contributed by atoms with Crippen molar-refractivity contribution in [2.24, 2.45) is 0 Å². The number of aromatic nitrogens is 2. The molecule has 0 saturated heterocycles. The predicted molar refractivity (Wildman–Crippen MR) is 101 cm³/mol. The van der Waals surface area contributed by atoms with E-state index in [1.807, 2.05) is 6.07 Å². The molecule has 0 aliphatic carbocycles. The lowest BCUT2D eigenvalue weighted by molar-refractivity contribution is 0.318. The molecule has 4 rings (SSSR count). The third kappa shape index (κ3) is 2.57. The van der Waals surface area contributed by atoms with Crippen LogP contribution in [0.25, 0.3) is 26.4 Å². The molecule has 0 fully saturated rings. The summed E-state index contributed by atoms with van der Waals surface area (Å²) in [6, 6.07) is 12.8. The molecular formula is C20H20N2OS. The van der Waals surface area contributed by atoms with Gasteiger partial charge < -0.3 is 4.74 Å². The molecule has 3 nitrogen and oxygen atoms in total. The Bertz CT molecular complexity index is 1030. The summed E-state index contributed by atoms with van der Waals surface area (Å²) in [5.74, 6) is 0.934. The first-order valence-corrected chi connectivity index (χ1v) is 9.09. The van der Waals surface area contributed by atoms with Crippen molar-refractivity contribution in [2.45, 2.75) is 27.2 Å². The van der Waals surface area contributed by atoms with Gasteiger partial charge in [-0.25, -0.2) is 4.98 Å². The van der Waals surface area contributed by atoms with Gasteiger partial charge >= 0.3 is 0 Å². The van der Waals surface area contributed by atoms with Crippen LogP contribution in [0.15, 0.2) is 42.6 Å². The number of hydrogen-bond acceptors (Lipinski definition) is 3. The second-order valence-corrected chi connectivity index (χ2v) is 7.19. The molecule has 0 aliphatic rings. The molecule has 0 amide bonds. The van der Waals surface area contributed by atoms with Crippen molar-refractivity contribution in [3.63, 3.8) is 0 Å². The van der Waals surface area contributed by atoms with E-state index in [1.54, 1.807) is 11.3 Å². The van der Waals surface area contributed by atoms with E-state index < -0.39 is 0 Å². The first kappa shape index (κ1) is 15.2. The fourth-order valence-electron chi connectivity index (χ4n) is 2.93. The monoisotopic (exact) mass is 336 g/mol. The number of thiazole rings is 1. The van der Waals surface area contributed by atoms with Crippen molar-refractivity contribution in [1.82, 2.24) is 9.38 Å². The summed E-state index contributed by atoms with van der Waals surface area (Å²) in [7, 11) is 0.